The van der Waals surface area contributed by atoms with E-state index < -0.39 is 6.04 Å². The second kappa shape index (κ2) is 10.8. The van der Waals surface area contributed by atoms with E-state index in [4.69, 9.17) is 14.2 Å². The van der Waals surface area contributed by atoms with Gasteiger partial charge < -0.3 is 19.2 Å². The van der Waals surface area contributed by atoms with Crippen molar-refractivity contribution >= 4 is 10.9 Å². The molecule has 204 valence electrons. The zero-order valence-corrected chi connectivity index (χ0v) is 22.5. The molecule has 0 saturated carbocycles. The number of aromatic amines is 1. The van der Waals surface area contributed by atoms with E-state index in [1.165, 1.54) is 5.56 Å². The minimum Gasteiger partial charge on any atom is -0.454 e. The van der Waals surface area contributed by atoms with Crippen LogP contribution in [0.2, 0.25) is 0 Å². The summed E-state index contributed by atoms with van der Waals surface area (Å²) in [4.78, 5) is 21.4. The SMILES string of the molecule is COCCn1nnnc1[C@@H](c1cc2cc(C)cc(C)c2[nH]c1=O)N1CCN(Cc2ccc3c(c2)OCO3)CC1. The number of benzene rings is 2. The Balaban J connectivity index is 1.29. The van der Waals surface area contributed by atoms with E-state index in [1.54, 1.807) is 11.8 Å². The minimum atomic E-state index is -0.390. The number of methoxy groups -OCH3 is 1. The molecule has 1 fully saturated rings. The van der Waals surface area contributed by atoms with Crippen LogP contribution in [0.3, 0.4) is 0 Å². The lowest BCUT2D eigenvalue weighted by atomic mass is 10.00. The molecule has 2 aromatic carbocycles. The number of fused-ring (bicyclic) bond motifs is 2. The Bertz CT molecular complexity index is 1540. The van der Waals surface area contributed by atoms with E-state index in [2.05, 4.69) is 61.5 Å². The zero-order valence-electron chi connectivity index (χ0n) is 22.5. The fraction of sp³-hybridized carbons (Fsp3) is 0.429. The van der Waals surface area contributed by atoms with Crippen molar-refractivity contribution in [2.24, 2.45) is 0 Å². The van der Waals surface area contributed by atoms with Gasteiger partial charge >= 0.3 is 0 Å². The number of aryl methyl sites for hydroxylation is 2. The zero-order chi connectivity index (χ0) is 26.9. The van der Waals surface area contributed by atoms with Crippen LogP contribution in [0.4, 0.5) is 0 Å². The first-order valence-electron chi connectivity index (χ1n) is 13.2. The van der Waals surface area contributed by atoms with E-state index in [-0.39, 0.29) is 12.4 Å². The van der Waals surface area contributed by atoms with Crippen LogP contribution < -0.4 is 15.0 Å². The number of rotatable bonds is 8. The van der Waals surface area contributed by atoms with Gasteiger partial charge in [-0.25, -0.2) is 4.68 Å². The molecule has 2 aliphatic heterocycles. The first-order chi connectivity index (χ1) is 19.0. The maximum Gasteiger partial charge on any atom is 0.253 e. The smallest absolute Gasteiger partial charge is 0.253 e. The Kier molecular flexibility index (Phi) is 7.03. The number of nitrogens with zero attached hydrogens (tertiary/aromatic N) is 6. The van der Waals surface area contributed by atoms with Crippen molar-refractivity contribution in [2.75, 3.05) is 46.7 Å². The number of piperazine rings is 1. The topological polar surface area (TPSA) is 111 Å². The largest absolute Gasteiger partial charge is 0.454 e. The molecule has 2 aromatic heterocycles. The van der Waals surface area contributed by atoms with Crippen LogP contribution >= 0.6 is 0 Å². The van der Waals surface area contributed by atoms with Gasteiger partial charge in [0.15, 0.2) is 17.3 Å². The third-order valence-corrected chi connectivity index (χ3v) is 7.54. The van der Waals surface area contributed by atoms with Crippen molar-refractivity contribution in [3.8, 4) is 11.5 Å². The van der Waals surface area contributed by atoms with Crippen molar-refractivity contribution in [3.05, 3.63) is 74.8 Å². The average molecular weight is 532 g/mol. The van der Waals surface area contributed by atoms with E-state index in [9.17, 15) is 4.79 Å². The van der Waals surface area contributed by atoms with Gasteiger partial charge in [-0.15, -0.1) is 5.10 Å². The molecular formula is C28H33N7O4. The van der Waals surface area contributed by atoms with Gasteiger partial charge in [-0.2, -0.15) is 0 Å². The second-order valence-corrected chi connectivity index (χ2v) is 10.3. The average Bonchev–Trinajstić information content (AvgIpc) is 3.59. The first-order valence-corrected chi connectivity index (χ1v) is 13.2. The molecule has 4 heterocycles. The molecule has 1 N–H and O–H groups in total. The predicted octanol–water partition coefficient (Wildman–Crippen LogP) is 2.41. The summed E-state index contributed by atoms with van der Waals surface area (Å²) in [5, 5.41) is 13.6. The molecular weight excluding hydrogens is 498 g/mol. The highest BCUT2D eigenvalue weighted by Gasteiger charge is 2.33. The van der Waals surface area contributed by atoms with Gasteiger partial charge in [0.2, 0.25) is 6.79 Å². The summed E-state index contributed by atoms with van der Waals surface area (Å²) < 4.78 is 18.0. The molecule has 0 unspecified atom stereocenters. The number of aromatic nitrogens is 5. The van der Waals surface area contributed by atoms with Gasteiger partial charge in [0.05, 0.1) is 18.7 Å². The molecule has 0 radical (unpaired) electrons. The van der Waals surface area contributed by atoms with Crippen LogP contribution in [0.15, 0.2) is 41.2 Å². The van der Waals surface area contributed by atoms with E-state index in [0.717, 1.165) is 66.3 Å². The lowest BCUT2D eigenvalue weighted by Crippen LogP contribution is -2.48. The Morgan fingerprint density at radius 3 is 2.69 bits per heavy atom. The van der Waals surface area contributed by atoms with Gasteiger partial charge in [-0.3, -0.25) is 14.6 Å². The number of tetrazole rings is 1. The third-order valence-electron chi connectivity index (χ3n) is 7.54. The van der Waals surface area contributed by atoms with Gasteiger partial charge in [0.1, 0.15) is 6.04 Å². The van der Waals surface area contributed by atoms with Crippen molar-refractivity contribution in [2.45, 2.75) is 33.0 Å². The van der Waals surface area contributed by atoms with Crippen molar-refractivity contribution in [1.29, 1.82) is 0 Å². The predicted molar refractivity (Wildman–Crippen MR) is 145 cm³/mol. The maximum absolute atomic E-state index is 13.6. The second-order valence-electron chi connectivity index (χ2n) is 10.3. The summed E-state index contributed by atoms with van der Waals surface area (Å²) >= 11 is 0. The molecule has 0 spiro atoms. The lowest BCUT2D eigenvalue weighted by molar-refractivity contribution is 0.0984. The Hall–Kier alpha value is -3.80. The van der Waals surface area contributed by atoms with Crippen molar-refractivity contribution in [3.63, 3.8) is 0 Å². The molecule has 1 saturated heterocycles. The first kappa shape index (κ1) is 25.5. The van der Waals surface area contributed by atoms with Gasteiger partial charge in [-0.1, -0.05) is 17.7 Å². The maximum atomic E-state index is 13.6. The van der Waals surface area contributed by atoms with Gasteiger partial charge in [0.25, 0.3) is 5.56 Å². The molecule has 6 rings (SSSR count). The van der Waals surface area contributed by atoms with Crippen LogP contribution in [0.1, 0.15) is 34.1 Å². The monoisotopic (exact) mass is 531 g/mol. The van der Waals surface area contributed by atoms with Crippen LogP contribution in [0, 0.1) is 13.8 Å². The standard InChI is InChI=1S/C28H33N7O4/c1-18-12-19(2)25-21(13-18)15-22(28(36)29-25)26(27-30-31-32-35(27)10-11-37-3)34-8-6-33(7-9-34)16-20-4-5-23-24(14-20)39-17-38-23/h4-5,12-15,26H,6-11,16-17H2,1-3H3,(H,29,36)/t26-/m1/s1. The van der Waals surface area contributed by atoms with Gasteiger partial charge in [-0.05, 0) is 65.1 Å². The van der Waals surface area contributed by atoms with Crippen molar-refractivity contribution in [1.82, 2.24) is 35.0 Å². The Labute approximate surface area is 226 Å². The molecule has 0 aliphatic carbocycles. The fourth-order valence-electron chi connectivity index (χ4n) is 5.63. The summed E-state index contributed by atoms with van der Waals surface area (Å²) in [6.07, 6.45) is 0. The Morgan fingerprint density at radius 1 is 1.05 bits per heavy atom. The lowest BCUT2D eigenvalue weighted by Gasteiger charge is -2.38. The molecule has 0 amide bonds. The quantitative estimate of drug-likeness (QED) is 0.366. The molecule has 11 nitrogen and oxygen atoms in total. The summed E-state index contributed by atoms with van der Waals surface area (Å²) in [5.74, 6) is 2.24. The normalized spacial score (nSPS) is 16.7. The molecule has 2 aliphatic rings. The van der Waals surface area contributed by atoms with Crippen LogP contribution in [-0.4, -0.2) is 81.7 Å². The molecule has 11 heteroatoms. The summed E-state index contributed by atoms with van der Waals surface area (Å²) in [7, 11) is 1.65. The molecule has 0 bridgehead atoms. The summed E-state index contributed by atoms with van der Waals surface area (Å²) in [6.45, 7) is 9.36. The molecule has 1 atom stereocenters. The highest BCUT2D eigenvalue weighted by Crippen LogP contribution is 2.33. The number of pyridine rings is 1. The number of hydrogen-bond acceptors (Lipinski definition) is 9. The number of H-pyrrole nitrogens is 1. The fourth-order valence-corrected chi connectivity index (χ4v) is 5.63. The van der Waals surface area contributed by atoms with Crippen molar-refractivity contribution < 1.29 is 14.2 Å². The van der Waals surface area contributed by atoms with Gasteiger partial charge in [0, 0.05) is 45.4 Å². The molecule has 39 heavy (non-hydrogen) atoms. The third kappa shape index (κ3) is 5.12. The van der Waals surface area contributed by atoms with Crippen LogP contribution in [-0.2, 0) is 17.8 Å². The molecule has 4 aromatic rings. The summed E-state index contributed by atoms with van der Waals surface area (Å²) in [6, 6.07) is 11.9. The number of hydrogen-bond donors (Lipinski definition) is 1. The Morgan fingerprint density at radius 2 is 1.87 bits per heavy atom. The number of nitrogens with one attached hydrogen (secondary N) is 1. The van der Waals surface area contributed by atoms with Crippen LogP contribution in [0.25, 0.3) is 10.9 Å². The highest BCUT2D eigenvalue weighted by molar-refractivity contribution is 5.83. The van der Waals surface area contributed by atoms with E-state index >= 15 is 0 Å². The highest BCUT2D eigenvalue weighted by atomic mass is 16.7. The van der Waals surface area contributed by atoms with E-state index in [1.807, 2.05) is 19.1 Å². The summed E-state index contributed by atoms with van der Waals surface area (Å²) in [5.41, 5.74) is 4.77. The van der Waals surface area contributed by atoms with Crippen LogP contribution in [0.5, 0.6) is 11.5 Å². The van der Waals surface area contributed by atoms with E-state index in [0.29, 0.717) is 24.5 Å². The number of ether oxygens (including phenoxy) is 3. The minimum absolute atomic E-state index is 0.122.